The van der Waals surface area contributed by atoms with Crippen molar-refractivity contribution in [2.45, 2.75) is 12.8 Å². The van der Waals surface area contributed by atoms with Crippen LogP contribution in [0.2, 0.25) is 0 Å². The van der Waals surface area contributed by atoms with Crippen LogP contribution in [-0.2, 0) is 21.3 Å². The number of nitrogens with zero attached hydrogens (tertiary/aromatic N) is 5. The fourth-order valence-corrected chi connectivity index (χ4v) is 4.41. The number of aromatic nitrogens is 4. The Labute approximate surface area is 215 Å². The molecule has 0 bridgehead atoms. The highest BCUT2D eigenvalue weighted by molar-refractivity contribution is 7.85. The molecule has 37 heavy (non-hydrogen) atoms. The Kier molecular flexibility index (Phi) is 6.98. The van der Waals surface area contributed by atoms with Crippen molar-refractivity contribution in [3.8, 4) is 22.8 Å². The van der Waals surface area contributed by atoms with Gasteiger partial charge in [0, 0.05) is 54.9 Å². The maximum absolute atomic E-state index is 11.2. The van der Waals surface area contributed by atoms with E-state index >= 15 is 0 Å². The van der Waals surface area contributed by atoms with Crippen LogP contribution < -0.4 is 14.4 Å². The summed E-state index contributed by atoms with van der Waals surface area (Å²) >= 11 is 0. The first-order valence-electron chi connectivity index (χ1n) is 12.0. The molecule has 5 rings (SSSR count). The van der Waals surface area contributed by atoms with Gasteiger partial charge in [-0.15, -0.1) is 0 Å². The molecule has 2 aromatic heterocycles. The molecule has 11 heteroatoms. The molecule has 0 N–H and O–H groups in total. The van der Waals surface area contributed by atoms with Crippen LogP contribution in [0.4, 0.5) is 11.4 Å². The van der Waals surface area contributed by atoms with E-state index in [1.807, 2.05) is 43.6 Å². The number of rotatable bonds is 11. The second-order valence-electron chi connectivity index (χ2n) is 9.13. The Balaban J connectivity index is 1.46. The van der Waals surface area contributed by atoms with Crippen molar-refractivity contribution in [2.24, 2.45) is 13.0 Å². The van der Waals surface area contributed by atoms with Crippen molar-refractivity contribution in [2.75, 3.05) is 38.0 Å². The molecule has 0 saturated heterocycles. The fraction of sp³-hybridized carbons (Fsp3) is 0.346. The monoisotopic (exact) mass is 523 g/mol. The van der Waals surface area contributed by atoms with Crippen LogP contribution >= 0.6 is 0 Å². The van der Waals surface area contributed by atoms with Gasteiger partial charge in [-0.05, 0) is 37.0 Å². The average molecular weight is 524 g/mol. The molecule has 0 unspecified atom stereocenters. The smallest absolute Gasteiger partial charge is 0.264 e. The summed E-state index contributed by atoms with van der Waals surface area (Å²) in [6.07, 6.45) is 8.84. The van der Waals surface area contributed by atoms with E-state index in [1.165, 1.54) is 12.8 Å². The van der Waals surface area contributed by atoms with E-state index in [0.717, 1.165) is 46.5 Å². The van der Waals surface area contributed by atoms with Gasteiger partial charge in [-0.25, -0.2) is 4.98 Å². The highest BCUT2D eigenvalue weighted by atomic mass is 32.2. The van der Waals surface area contributed by atoms with E-state index < -0.39 is 10.1 Å². The van der Waals surface area contributed by atoms with Gasteiger partial charge in [-0.2, -0.15) is 13.5 Å². The fourth-order valence-electron chi connectivity index (χ4n) is 4.04. The molecule has 1 aliphatic rings. The molecule has 194 valence electrons. The zero-order valence-corrected chi connectivity index (χ0v) is 21.8. The Hall–Kier alpha value is -3.70. The number of methoxy groups -OCH3 is 1. The van der Waals surface area contributed by atoms with Crippen LogP contribution in [-0.4, -0.2) is 61.3 Å². The topological polar surface area (TPSA) is 109 Å². The number of anilines is 2. The van der Waals surface area contributed by atoms with Crippen molar-refractivity contribution in [3.05, 3.63) is 55.0 Å². The van der Waals surface area contributed by atoms with Crippen molar-refractivity contribution >= 4 is 32.5 Å². The summed E-state index contributed by atoms with van der Waals surface area (Å²) in [7, 11) is -0.0465. The summed E-state index contributed by atoms with van der Waals surface area (Å²) in [6.45, 7) is 0.857. The van der Waals surface area contributed by atoms with Crippen molar-refractivity contribution in [1.29, 1.82) is 0 Å². The molecule has 1 saturated carbocycles. The number of aryl methyl sites for hydroxylation is 1. The predicted molar refractivity (Wildman–Crippen MR) is 141 cm³/mol. The normalized spacial score (nSPS) is 13.6. The van der Waals surface area contributed by atoms with Crippen LogP contribution in [0, 0.1) is 5.92 Å². The molecule has 10 nitrogen and oxygen atoms in total. The zero-order valence-electron chi connectivity index (χ0n) is 21.0. The summed E-state index contributed by atoms with van der Waals surface area (Å²) in [6, 6.07) is 11.7. The second-order valence-corrected chi connectivity index (χ2v) is 10.8. The first kappa shape index (κ1) is 25.0. The number of hydrogen-bond donors (Lipinski definition) is 0. The number of hydrogen-bond acceptors (Lipinski definition) is 9. The highest BCUT2D eigenvalue weighted by Gasteiger charge is 2.26. The maximum atomic E-state index is 11.2. The largest absolute Gasteiger partial charge is 0.497 e. The van der Waals surface area contributed by atoms with Crippen LogP contribution in [0.5, 0.6) is 11.5 Å². The molecule has 0 radical (unpaired) electrons. The summed E-state index contributed by atoms with van der Waals surface area (Å²) in [5.41, 5.74) is 5.16. The molecule has 2 heterocycles. The van der Waals surface area contributed by atoms with Crippen LogP contribution in [0.3, 0.4) is 0 Å². The summed E-state index contributed by atoms with van der Waals surface area (Å²) in [5.74, 6) is 1.80. The molecule has 0 aliphatic heterocycles. The third-order valence-electron chi connectivity index (χ3n) is 6.04. The van der Waals surface area contributed by atoms with Gasteiger partial charge >= 0.3 is 0 Å². The zero-order chi connectivity index (χ0) is 26.0. The van der Waals surface area contributed by atoms with Crippen LogP contribution in [0.25, 0.3) is 22.3 Å². The lowest BCUT2D eigenvalue weighted by Crippen LogP contribution is -2.20. The van der Waals surface area contributed by atoms with E-state index in [0.29, 0.717) is 17.4 Å². The van der Waals surface area contributed by atoms with Gasteiger partial charge in [-0.1, -0.05) is 0 Å². The lowest BCUT2D eigenvalue weighted by atomic mass is 10.1. The SMILES string of the molecule is COc1cc(OCCOS(C)(=O)=O)cc(N(CC2CC2)c2ccc3ncc(-c4cnn(C)c4)nc3c2)c1. The summed E-state index contributed by atoms with van der Waals surface area (Å²) in [4.78, 5) is 11.7. The molecule has 1 fully saturated rings. The van der Waals surface area contributed by atoms with E-state index in [-0.39, 0.29) is 13.2 Å². The van der Waals surface area contributed by atoms with Crippen molar-refractivity contribution in [3.63, 3.8) is 0 Å². The second kappa shape index (κ2) is 10.3. The maximum Gasteiger partial charge on any atom is 0.264 e. The first-order valence-corrected chi connectivity index (χ1v) is 13.8. The third kappa shape index (κ3) is 6.36. The van der Waals surface area contributed by atoms with Gasteiger partial charge < -0.3 is 14.4 Å². The Morgan fingerprint density at radius 2 is 1.84 bits per heavy atom. The lowest BCUT2D eigenvalue weighted by molar-refractivity contribution is 0.222. The average Bonchev–Trinajstić information content (AvgIpc) is 3.60. The third-order valence-corrected chi connectivity index (χ3v) is 6.63. The minimum atomic E-state index is -3.52. The number of ether oxygens (including phenoxy) is 2. The molecular formula is C26H29N5O5S. The van der Waals surface area contributed by atoms with Crippen molar-refractivity contribution in [1.82, 2.24) is 19.7 Å². The first-order chi connectivity index (χ1) is 17.8. The predicted octanol–water partition coefficient (Wildman–Crippen LogP) is 3.94. The minimum absolute atomic E-state index is 0.0697. The summed E-state index contributed by atoms with van der Waals surface area (Å²) < 4.78 is 40.3. The quantitative estimate of drug-likeness (QED) is 0.213. The van der Waals surface area contributed by atoms with Gasteiger partial charge in [0.25, 0.3) is 10.1 Å². The molecule has 0 atom stereocenters. The van der Waals surface area contributed by atoms with E-state index in [2.05, 4.69) is 15.0 Å². The Bertz CT molecular complexity index is 1520. The molecule has 2 aromatic carbocycles. The molecule has 0 amide bonds. The molecule has 4 aromatic rings. The Morgan fingerprint density at radius 1 is 1.03 bits per heavy atom. The molecule has 1 aliphatic carbocycles. The van der Waals surface area contributed by atoms with Gasteiger partial charge in [0.05, 0.1) is 42.5 Å². The van der Waals surface area contributed by atoms with Gasteiger partial charge in [0.1, 0.15) is 24.7 Å². The number of benzene rings is 2. The highest BCUT2D eigenvalue weighted by Crippen LogP contribution is 2.38. The summed E-state index contributed by atoms with van der Waals surface area (Å²) in [5, 5.41) is 4.24. The number of fused-ring (bicyclic) bond motifs is 1. The standard InChI is InChI=1S/C26H29N5O5S/c1-30-17-19(14-28-30)26-15-27-24-7-6-20(12-25(24)29-26)31(16-18-4-5-18)21-10-22(34-2)13-23(11-21)35-8-9-36-37(3,32)33/h6-7,10-15,17-18H,4-5,8-9,16H2,1-3H3. The minimum Gasteiger partial charge on any atom is -0.497 e. The van der Waals surface area contributed by atoms with Crippen molar-refractivity contribution < 1.29 is 22.1 Å². The van der Waals surface area contributed by atoms with Crippen LogP contribution in [0.15, 0.2) is 55.0 Å². The molecular weight excluding hydrogens is 494 g/mol. The van der Waals surface area contributed by atoms with Gasteiger partial charge in [0.15, 0.2) is 0 Å². The van der Waals surface area contributed by atoms with E-state index in [9.17, 15) is 8.42 Å². The van der Waals surface area contributed by atoms with Gasteiger partial charge in [-0.3, -0.25) is 13.8 Å². The molecule has 0 spiro atoms. The van der Waals surface area contributed by atoms with E-state index in [1.54, 1.807) is 30.3 Å². The van der Waals surface area contributed by atoms with E-state index in [4.69, 9.17) is 18.6 Å². The van der Waals surface area contributed by atoms with Crippen LogP contribution in [0.1, 0.15) is 12.8 Å². The van der Waals surface area contributed by atoms with Gasteiger partial charge in [0.2, 0.25) is 0 Å². The lowest BCUT2D eigenvalue weighted by Gasteiger charge is -2.26. The Morgan fingerprint density at radius 3 is 2.54 bits per heavy atom.